The lowest BCUT2D eigenvalue weighted by Crippen LogP contribution is -2.39. The molecule has 1 N–H and O–H groups in total. The van der Waals surface area contributed by atoms with E-state index in [-0.39, 0.29) is 0 Å². The van der Waals surface area contributed by atoms with Crippen LogP contribution in [-0.4, -0.2) is 36.6 Å². The van der Waals surface area contributed by atoms with Gasteiger partial charge in [0.25, 0.3) is 0 Å². The molecule has 0 aromatic carbocycles. The first-order chi connectivity index (χ1) is 6.40. The fourth-order valence-electron chi connectivity index (χ4n) is 2.35. The summed E-state index contributed by atoms with van der Waals surface area (Å²) in [4.78, 5) is 2.70. The zero-order valence-corrected chi connectivity index (χ0v) is 8.76. The van der Waals surface area contributed by atoms with Gasteiger partial charge in [-0.05, 0) is 45.2 Å². The normalized spacial score (nSPS) is 28.6. The fourth-order valence-corrected chi connectivity index (χ4v) is 2.35. The number of nitrogens with one attached hydrogen (secondary N) is 1. The molecule has 2 aliphatic rings. The van der Waals surface area contributed by atoms with Gasteiger partial charge in [0, 0.05) is 18.6 Å². The molecule has 0 amide bonds. The average Bonchev–Trinajstić information content (AvgIpc) is 2.85. The van der Waals surface area contributed by atoms with E-state index in [1.807, 2.05) is 0 Å². The Labute approximate surface area is 81.7 Å². The van der Waals surface area contributed by atoms with Gasteiger partial charge in [0.15, 0.2) is 0 Å². The fraction of sp³-hybridized carbons (Fsp3) is 1.00. The van der Waals surface area contributed by atoms with Crippen molar-refractivity contribution in [1.82, 2.24) is 10.2 Å². The van der Waals surface area contributed by atoms with Gasteiger partial charge in [-0.3, -0.25) is 4.90 Å². The molecule has 0 aromatic rings. The molecule has 1 aliphatic heterocycles. The van der Waals surface area contributed by atoms with Crippen molar-refractivity contribution >= 4 is 0 Å². The summed E-state index contributed by atoms with van der Waals surface area (Å²) in [6.07, 6.45) is 6.99. The Kier molecular flexibility index (Phi) is 3.23. The second kappa shape index (κ2) is 4.43. The Bertz CT molecular complexity index is 148. The summed E-state index contributed by atoms with van der Waals surface area (Å²) in [5, 5.41) is 3.59. The van der Waals surface area contributed by atoms with Crippen molar-refractivity contribution in [1.29, 1.82) is 0 Å². The minimum Gasteiger partial charge on any atom is -0.313 e. The third-order valence-corrected chi connectivity index (χ3v) is 3.19. The molecule has 0 aromatic heterocycles. The van der Waals surface area contributed by atoms with Crippen LogP contribution in [0.15, 0.2) is 0 Å². The second-order valence-corrected chi connectivity index (χ2v) is 4.52. The van der Waals surface area contributed by atoms with E-state index in [1.165, 1.54) is 51.7 Å². The standard InChI is InChI=1S/C11H22N2/c1-2-8-13(11-5-6-11)9-10-4-3-7-12-10/h10-12H,2-9H2,1H3. The molecule has 0 bridgehead atoms. The highest BCUT2D eigenvalue weighted by Crippen LogP contribution is 2.27. The smallest absolute Gasteiger partial charge is 0.0195 e. The maximum absolute atomic E-state index is 3.59. The highest BCUT2D eigenvalue weighted by molar-refractivity contribution is 4.88. The summed E-state index contributed by atoms with van der Waals surface area (Å²) in [6, 6.07) is 1.74. The molecule has 2 nitrogen and oxygen atoms in total. The van der Waals surface area contributed by atoms with Crippen LogP contribution in [0.2, 0.25) is 0 Å². The van der Waals surface area contributed by atoms with Crippen LogP contribution in [0.5, 0.6) is 0 Å². The molecular formula is C11H22N2. The zero-order valence-electron chi connectivity index (χ0n) is 8.76. The minimum atomic E-state index is 0.798. The molecule has 2 rings (SSSR count). The maximum Gasteiger partial charge on any atom is 0.0195 e. The topological polar surface area (TPSA) is 15.3 Å². The summed E-state index contributed by atoms with van der Waals surface area (Å²) in [7, 11) is 0. The number of hydrogen-bond donors (Lipinski definition) is 1. The molecule has 13 heavy (non-hydrogen) atoms. The van der Waals surface area contributed by atoms with Gasteiger partial charge >= 0.3 is 0 Å². The first kappa shape index (κ1) is 9.47. The first-order valence-electron chi connectivity index (χ1n) is 5.87. The van der Waals surface area contributed by atoms with Gasteiger partial charge < -0.3 is 5.32 Å². The van der Waals surface area contributed by atoms with Crippen molar-refractivity contribution in [2.45, 2.75) is 51.1 Å². The van der Waals surface area contributed by atoms with Crippen LogP contribution < -0.4 is 5.32 Å². The molecule has 1 saturated heterocycles. The van der Waals surface area contributed by atoms with Crippen LogP contribution in [0.3, 0.4) is 0 Å². The Morgan fingerprint density at radius 3 is 2.69 bits per heavy atom. The summed E-state index contributed by atoms with van der Waals surface area (Å²) in [6.45, 7) is 6.15. The molecular weight excluding hydrogens is 160 g/mol. The van der Waals surface area contributed by atoms with Crippen LogP contribution in [0, 0.1) is 0 Å². The van der Waals surface area contributed by atoms with Crippen LogP contribution in [0.4, 0.5) is 0 Å². The van der Waals surface area contributed by atoms with E-state index in [9.17, 15) is 0 Å². The van der Waals surface area contributed by atoms with Gasteiger partial charge in [-0.25, -0.2) is 0 Å². The van der Waals surface area contributed by atoms with E-state index in [4.69, 9.17) is 0 Å². The molecule has 1 unspecified atom stereocenters. The summed E-state index contributed by atoms with van der Waals surface area (Å²) in [5.41, 5.74) is 0. The molecule has 1 saturated carbocycles. The number of rotatable bonds is 5. The van der Waals surface area contributed by atoms with E-state index in [0.29, 0.717) is 0 Å². The highest BCUT2D eigenvalue weighted by Gasteiger charge is 2.30. The highest BCUT2D eigenvalue weighted by atomic mass is 15.2. The van der Waals surface area contributed by atoms with Crippen molar-refractivity contribution in [3.05, 3.63) is 0 Å². The average molecular weight is 182 g/mol. The predicted octanol–water partition coefficient (Wildman–Crippen LogP) is 1.61. The summed E-state index contributed by atoms with van der Waals surface area (Å²) >= 11 is 0. The molecule has 1 heterocycles. The van der Waals surface area contributed by atoms with Gasteiger partial charge in [0.2, 0.25) is 0 Å². The van der Waals surface area contributed by atoms with Crippen molar-refractivity contribution in [2.75, 3.05) is 19.6 Å². The Hall–Kier alpha value is -0.0800. The molecule has 76 valence electrons. The predicted molar refractivity (Wildman–Crippen MR) is 55.9 cm³/mol. The van der Waals surface area contributed by atoms with Crippen molar-refractivity contribution in [3.63, 3.8) is 0 Å². The van der Waals surface area contributed by atoms with Crippen LogP contribution in [0.1, 0.15) is 39.0 Å². The van der Waals surface area contributed by atoms with Crippen LogP contribution in [-0.2, 0) is 0 Å². The lowest BCUT2D eigenvalue weighted by molar-refractivity contribution is 0.240. The third kappa shape index (κ3) is 2.68. The third-order valence-electron chi connectivity index (χ3n) is 3.19. The Balaban J connectivity index is 1.74. The molecule has 1 aliphatic carbocycles. The SMILES string of the molecule is CCCN(CC1CCCN1)C1CC1. The first-order valence-corrected chi connectivity index (χ1v) is 5.87. The monoisotopic (exact) mass is 182 g/mol. The van der Waals surface area contributed by atoms with E-state index in [2.05, 4.69) is 17.1 Å². The Morgan fingerprint density at radius 1 is 1.31 bits per heavy atom. The number of hydrogen-bond acceptors (Lipinski definition) is 2. The van der Waals surface area contributed by atoms with Gasteiger partial charge in [-0.15, -0.1) is 0 Å². The molecule has 2 heteroatoms. The largest absolute Gasteiger partial charge is 0.313 e. The molecule has 1 atom stereocenters. The summed E-state index contributed by atoms with van der Waals surface area (Å²) in [5.74, 6) is 0. The van der Waals surface area contributed by atoms with Gasteiger partial charge in [0.05, 0.1) is 0 Å². The van der Waals surface area contributed by atoms with Gasteiger partial charge in [-0.1, -0.05) is 6.92 Å². The van der Waals surface area contributed by atoms with Gasteiger partial charge in [0.1, 0.15) is 0 Å². The van der Waals surface area contributed by atoms with E-state index in [0.717, 1.165) is 12.1 Å². The van der Waals surface area contributed by atoms with E-state index < -0.39 is 0 Å². The van der Waals surface area contributed by atoms with Crippen molar-refractivity contribution in [2.24, 2.45) is 0 Å². The minimum absolute atomic E-state index is 0.798. The summed E-state index contributed by atoms with van der Waals surface area (Å²) < 4.78 is 0. The zero-order chi connectivity index (χ0) is 9.10. The van der Waals surface area contributed by atoms with E-state index in [1.54, 1.807) is 0 Å². The maximum atomic E-state index is 3.59. The lowest BCUT2D eigenvalue weighted by Gasteiger charge is -2.24. The van der Waals surface area contributed by atoms with Crippen LogP contribution in [0.25, 0.3) is 0 Å². The second-order valence-electron chi connectivity index (χ2n) is 4.52. The van der Waals surface area contributed by atoms with E-state index >= 15 is 0 Å². The Morgan fingerprint density at radius 2 is 2.15 bits per heavy atom. The number of nitrogens with zero attached hydrogens (tertiary/aromatic N) is 1. The van der Waals surface area contributed by atoms with Crippen molar-refractivity contribution < 1.29 is 0 Å². The quantitative estimate of drug-likeness (QED) is 0.695. The molecule has 2 fully saturated rings. The van der Waals surface area contributed by atoms with Crippen LogP contribution >= 0.6 is 0 Å². The van der Waals surface area contributed by atoms with Gasteiger partial charge in [-0.2, -0.15) is 0 Å². The molecule has 0 spiro atoms. The lowest BCUT2D eigenvalue weighted by atomic mass is 10.2. The van der Waals surface area contributed by atoms with Crippen molar-refractivity contribution in [3.8, 4) is 0 Å². The molecule has 0 radical (unpaired) electrons.